The van der Waals surface area contributed by atoms with Gasteiger partial charge in [-0.1, -0.05) is 36.4 Å². The molecule has 0 bridgehead atoms. The van der Waals surface area contributed by atoms with Gasteiger partial charge in [0.25, 0.3) is 0 Å². The van der Waals surface area contributed by atoms with Crippen LogP contribution in [0.4, 0.5) is 17.1 Å². The monoisotopic (exact) mass is 416 g/mol. The highest BCUT2D eigenvalue weighted by molar-refractivity contribution is 5.96. The number of aryl methyl sites for hydroxylation is 2. The second kappa shape index (κ2) is 11.2. The standard InChI is InChI=1S/C27H32N2O2/c1-4-29(5-2)24-19-15-22(16-20-24)10-8-9-21-13-17-23(18-14-21)28-26-12-7-6-11-25(26)27(30)31-3/h6-7,11-20,28H,4-5,8-10H2,1-3H3. The summed E-state index contributed by atoms with van der Waals surface area (Å²) in [5.41, 5.74) is 6.22. The number of nitrogens with zero attached hydrogens (tertiary/aromatic N) is 1. The van der Waals surface area contributed by atoms with E-state index in [0.717, 1.165) is 43.7 Å². The Labute approximate surface area is 185 Å². The van der Waals surface area contributed by atoms with Gasteiger partial charge in [0.05, 0.1) is 18.4 Å². The lowest BCUT2D eigenvalue weighted by Crippen LogP contribution is -2.21. The number of esters is 1. The van der Waals surface area contributed by atoms with Crippen LogP contribution < -0.4 is 10.2 Å². The van der Waals surface area contributed by atoms with Gasteiger partial charge in [0.1, 0.15) is 0 Å². The highest BCUT2D eigenvalue weighted by Crippen LogP contribution is 2.22. The van der Waals surface area contributed by atoms with Gasteiger partial charge in [0.15, 0.2) is 0 Å². The largest absolute Gasteiger partial charge is 0.465 e. The van der Waals surface area contributed by atoms with E-state index in [1.165, 1.54) is 23.9 Å². The summed E-state index contributed by atoms with van der Waals surface area (Å²) in [6.45, 7) is 6.45. The molecule has 0 atom stereocenters. The molecule has 0 spiro atoms. The Balaban J connectivity index is 1.53. The Hall–Kier alpha value is -3.27. The Bertz CT molecular complexity index is 961. The van der Waals surface area contributed by atoms with Crippen LogP contribution in [0.2, 0.25) is 0 Å². The lowest BCUT2D eigenvalue weighted by molar-refractivity contribution is 0.0602. The molecule has 4 heteroatoms. The summed E-state index contributed by atoms with van der Waals surface area (Å²) in [4.78, 5) is 14.3. The molecule has 0 aliphatic heterocycles. The number of carbonyl (C=O) groups is 1. The molecule has 1 N–H and O–H groups in total. The number of hydrogen-bond donors (Lipinski definition) is 1. The fourth-order valence-corrected chi connectivity index (χ4v) is 3.75. The molecule has 3 aromatic rings. The van der Waals surface area contributed by atoms with Crippen molar-refractivity contribution >= 4 is 23.0 Å². The Kier molecular flexibility index (Phi) is 8.11. The van der Waals surface area contributed by atoms with Crippen LogP contribution in [0.15, 0.2) is 72.8 Å². The minimum absolute atomic E-state index is 0.343. The average Bonchev–Trinajstić information content (AvgIpc) is 2.82. The minimum atomic E-state index is -0.343. The third-order valence-electron chi connectivity index (χ3n) is 5.56. The van der Waals surface area contributed by atoms with Crippen LogP contribution in [0.5, 0.6) is 0 Å². The molecule has 0 amide bonds. The van der Waals surface area contributed by atoms with Gasteiger partial charge < -0.3 is 15.0 Å². The van der Waals surface area contributed by atoms with Crippen LogP contribution >= 0.6 is 0 Å². The van der Waals surface area contributed by atoms with E-state index in [0.29, 0.717) is 5.56 Å². The number of hydrogen-bond acceptors (Lipinski definition) is 4. The fourth-order valence-electron chi connectivity index (χ4n) is 3.75. The summed E-state index contributed by atoms with van der Waals surface area (Å²) in [6, 6.07) is 24.7. The molecule has 0 radical (unpaired) electrons. The van der Waals surface area contributed by atoms with Crippen LogP contribution in [0.1, 0.15) is 41.8 Å². The van der Waals surface area contributed by atoms with Gasteiger partial charge in [-0.2, -0.15) is 0 Å². The van der Waals surface area contributed by atoms with Crippen molar-refractivity contribution in [2.24, 2.45) is 0 Å². The molecule has 0 aliphatic rings. The van der Waals surface area contributed by atoms with Gasteiger partial charge in [-0.05, 0) is 80.6 Å². The van der Waals surface area contributed by atoms with Crippen LogP contribution in [-0.2, 0) is 17.6 Å². The molecule has 0 aliphatic carbocycles. The number of anilines is 3. The van der Waals surface area contributed by atoms with Gasteiger partial charge in [-0.3, -0.25) is 0 Å². The molecule has 0 aromatic heterocycles. The molecule has 3 rings (SSSR count). The topological polar surface area (TPSA) is 41.6 Å². The highest BCUT2D eigenvalue weighted by Gasteiger charge is 2.11. The first kappa shape index (κ1) is 22.4. The van der Waals surface area contributed by atoms with E-state index in [-0.39, 0.29) is 5.97 Å². The highest BCUT2D eigenvalue weighted by atomic mass is 16.5. The Morgan fingerprint density at radius 1 is 0.839 bits per heavy atom. The molecule has 0 saturated carbocycles. The third kappa shape index (κ3) is 6.11. The number of rotatable bonds is 10. The number of methoxy groups -OCH3 is 1. The molecule has 162 valence electrons. The van der Waals surface area contributed by atoms with E-state index in [1.54, 1.807) is 6.07 Å². The summed E-state index contributed by atoms with van der Waals surface area (Å²) in [5, 5.41) is 3.32. The smallest absolute Gasteiger partial charge is 0.339 e. The predicted molar refractivity (Wildman–Crippen MR) is 130 cm³/mol. The van der Waals surface area contributed by atoms with E-state index in [1.807, 2.05) is 18.2 Å². The fraction of sp³-hybridized carbons (Fsp3) is 0.296. The lowest BCUT2D eigenvalue weighted by atomic mass is 10.0. The van der Waals surface area contributed by atoms with Crippen molar-refractivity contribution in [3.05, 3.63) is 89.5 Å². The second-order valence-corrected chi connectivity index (χ2v) is 7.55. The van der Waals surface area contributed by atoms with Crippen molar-refractivity contribution in [3.63, 3.8) is 0 Å². The van der Waals surface area contributed by atoms with Gasteiger partial charge >= 0.3 is 5.97 Å². The van der Waals surface area contributed by atoms with Crippen LogP contribution in [0.3, 0.4) is 0 Å². The van der Waals surface area contributed by atoms with Crippen LogP contribution in [0.25, 0.3) is 0 Å². The molecule has 4 nitrogen and oxygen atoms in total. The van der Waals surface area contributed by atoms with Crippen molar-refractivity contribution in [1.82, 2.24) is 0 Å². The van der Waals surface area contributed by atoms with Gasteiger partial charge in [-0.15, -0.1) is 0 Å². The van der Waals surface area contributed by atoms with Gasteiger partial charge in [0.2, 0.25) is 0 Å². The zero-order chi connectivity index (χ0) is 22.1. The number of ether oxygens (including phenoxy) is 1. The lowest BCUT2D eigenvalue weighted by Gasteiger charge is -2.21. The molecule has 0 fully saturated rings. The number of nitrogens with one attached hydrogen (secondary N) is 1. The van der Waals surface area contributed by atoms with E-state index >= 15 is 0 Å². The summed E-state index contributed by atoms with van der Waals surface area (Å²) < 4.78 is 4.86. The molecular weight excluding hydrogens is 384 g/mol. The quantitative estimate of drug-likeness (QED) is 0.397. The summed E-state index contributed by atoms with van der Waals surface area (Å²) in [6.07, 6.45) is 3.23. The molecule has 3 aromatic carbocycles. The average molecular weight is 417 g/mol. The second-order valence-electron chi connectivity index (χ2n) is 7.55. The summed E-state index contributed by atoms with van der Waals surface area (Å²) in [7, 11) is 1.40. The first-order chi connectivity index (χ1) is 15.1. The minimum Gasteiger partial charge on any atom is -0.465 e. The van der Waals surface area contributed by atoms with Gasteiger partial charge in [-0.25, -0.2) is 4.79 Å². The molecule has 0 unspecified atom stereocenters. The third-order valence-corrected chi connectivity index (χ3v) is 5.56. The van der Waals surface area contributed by atoms with Crippen LogP contribution in [-0.4, -0.2) is 26.2 Å². The van der Waals surface area contributed by atoms with Gasteiger partial charge in [0, 0.05) is 24.5 Å². The Morgan fingerprint density at radius 3 is 2.00 bits per heavy atom. The molecule has 31 heavy (non-hydrogen) atoms. The molecule has 0 heterocycles. The number of benzene rings is 3. The molecule has 0 saturated heterocycles. The Morgan fingerprint density at radius 2 is 1.42 bits per heavy atom. The number of carbonyl (C=O) groups excluding carboxylic acids is 1. The maximum absolute atomic E-state index is 11.9. The zero-order valence-corrected chi connectivity index (χ0v) is 18.7. The maximum atomic E-state index is 11.9. The van der Waals surface area contributed by atoms with Crippen molar-refractivity contribution < 1.29 is 9.53 Å². The van der Waals surface area contributed by atoms with Crippen molar-refractivity contribution in [2.45, 2.75) is 33.1 Å². The van der Waals surface area contributed by atoms with E-state index in [4.69, 9.17) is 4.74 Å². The predicted octanol–water partition coefficient (Wildman–Crippen LogP) is 6.24. The molecular formula is C27H32N2O2. The SMILES string of the molecule is CCN(CC)c1ccc(CCCc2ccc(Nc3ccccc3C(=O)OC)cc2)cc1. The van der Waals surface area contributed by atoms with E-state index in [9.17, 15) is 4.79 Å². The van der Waals surface area contributed by atoms with E-state index in [2.05, 4.69) is 72.6 Å². The zero-order valence-electron chi connectivity index (χ0n) is 18.7. The van der Waals surface area contributed by atoms with Crippen LogP contribution in [0, 0.1) is 0 Å². The summed E-state index contributed by atoms with van der Waals surface area (Å²) >= 11 is 0. The first-order valence-corrected chi connectivity index (χ1v) is 11.0. The van der Waals surface area contributed by atoms with Crippen molar-refractivity contribution in [1.29, 1.82) is 0 Å². The maximum Gasteiger partial charge on any atom is 0.339 e. The van der Waals surface area contributed by atoms with E-state index < -0.39 is 0 Å². The van der Waals surface area contributed by atoms with Crippen molar-refractivity contribution in [2.75, 3.05) is 30.4 Å². The summed E-state index contributed by atoms with van der Waals surface area (Å²) in [5.74, 6) is -0.343. The number of para-hydroxylation sites is 1. The van der Waals surface area contributed by atoms with Crippen molar-refractivity contribution in [3.8, 4) is 0 Å². The first-order valence-electron chi connectivity index (χ1n) is 11.0. The normalized spacial score (nSPS) is 10.5.